The summed E-state index contributed by atoms with van der Waals surface area (Å²) in [4.78, 5) is 18.9. The minimum atomic E-state index is -4.15. The second-order valence-corrected chi connectivity index (χ2v) is 14.5. The number of sulfone groups is 2. The SMILES string of the molecule is O=C(c1ccc2nccn2c1)N(Cc1ccc(S(=O)(=O)c2ccc(F)cc2)cc1)Cc1ccc(S(=O)(=O)c2ccc(F)c(F)c2)cc1. The van der Waals surface area contributed by atoms with Gasteiger partial charge >= 0.3 is 0 Å². The molecule has 6 aromatic rings. The lowest BCUT2D eigenvalue weighted by molar-refractivity contribution is 0.0729. The average molecular weight is 676 g/mol. The maximum absolute atomic E-state index is 13.8. The largest absolute Gasteiger partial charge is 0.330 e. The molecule has 0 atom stereocenters. The Labute approximate surface area is 268 Å². The van der Waals surface area contributed by atoms with Crippen molar-refractivity contribution >= 4 is 31.2 Å². The summed E-state index contributed by atoms with van der Waals surface area (Å²) in [6.45, 7) is 0.106. The lowest BCUT2D eigenvalue weighted by atomic mass is 10.1. The number of carbonyl (C=O) groups is 1. The number of nitrogens with zero attached hydrogens (tertiary/aromatic N) is 3. The molecule has 0 saturated heterocycles. The fraction of sp³-hybridized carbons (Fsp3) is 0.0588. The van der Waals surface area contributed by atoms with E-state index in [-0.39, 0.29) is 33.7 Å². The van der Waals surface area contributed by atoms with Crippen molar-refractivity contribution in [1.29, 1.82) is 0 Å². The van der Waals surface area contributed by atoms with Crippen LogP contribution in [-0.2, 0) is 32.8 Å². The van der Waals surface area contributed by atoms with E-state index in [0.29, 0.717) is 28.4 Å². The van der Waals surface area contributed by atoms with Crippen LogP contribution in [0.15, 0.2) is 141 Å². The zero-order valence-corrected chi connectivity index (χ0v) is 25.9. The minimum Gasteiger partial charge on any atom is -0.330 e. The third-order valence-electron chi connectivity index (χ3n) is 7.46. The molecule has 0 fully saturated rings. The summed E-state index contributed by atoms with van der Waals surface area (Å²) in [6, 6.07) is 21.8. The molecule has 0 N–H and O–H groups in total. The molecule has 8 nitrogen and oxygen atoms in total. The first-order chi connectivity index (χ1) is 22.4. The molecule has 47 heavy (non-hydrogen) atoms. The predicted molar refractivity (Wildman–Crippen MR) is 165 cm³/mol. The van der Waals surface area contributed by atoms with Gasteiger partial charge in [0.25, 0.3) is 5.91 Å². The Bertz CT molecular complexity index is 2330. The van der Waals surface area contributed by atoms with Gasteiger partial charge in [-0.3, -0.25) is 4.79 Å². The van der Waals surface area contributed by atoms with E-state index in [1.54, 1.807) is 47.3 Å². The summed E-state index contributed by atoms with van der Waals surface area (Å²) in [7, 11) is -8.06. The van der Waals surface area contributed by atoms with Gasteiger partial charge in [-0.25, -0.2) is 35.0 Å². The molecule has 0 bridgehead atoms. The van der Waals surface area contributed by atoms with Gasteiger partial charge in [0.1, 0.15) is 11.5 Å². The van der Waals surface area contributed by atoms with E-state index in [4.69, 9.17) is 0 Å². The smallest absolute Gasteiger partial charge is 0.255 e. The molecule has 0 unspecified atom stereocenters. The van der Waals surface area contributed by atoms with Crippen LogP contribution in [-0.4, -0.2) is 37.0 Å². The molecule has 0 spiro atoms. The van der Waals surface area contributed by atoms with E-state index in [1.807, 2.05) is 0 Å². The topological polar surface area (TPSA) is 106 Å². The van der Waals surface area contributed by atoms with Crippen LogP contribution in [0.5, 0.6) is 0 Å². The van der Waals surface area contributed by atoms with Gasteiger partial charge in [-0.2, -0.15) is 0 Å². The zero-order chi connectivity index (χ0) is 33.3. The monoisotopic (exact) mass is 675 g/mol. The number of rotatable bonds is 9. The lowest BCUT2D eigenvalue weighted by Crippen LogP contribution is -2.30. The van der Waals surface area contributed by atoms with Gasteiger partial charge in [0.15, 0.2) is 11.6 Å². The molecule has 0 aliphatic rings. The van der Waals surface area contributed by atoms with Crippen LogP contribution in [0.3, 0.4) is 0 Å². The predicted octanol–water partition coefficient (Wildman–Crippen LogP) is 6.26. The molecule has 6 rings (SSSR count). The van der Waals surface area contributed by atoms with E-state index in [0.717, 1.165) is 24.3 Å². The highest BCUT2D eigenvalue weighted by molar-refractivity contribution is 7.91. The minimum absolute atomic E-state index is 0.00544. The van der Waals surface area contributed by atoms with E-state index in [2.05, 4.69) is 4.98 Å². The molecule has 2 heterocycles. The Morgan fingerprint density at radius 2 is 1.15 bits per heavy atom. The molecule has 13 heteroatoms. The summed E-state index contributed by atoms with van der Waals surface area (Å²) in [5.74, 6) is -3.37. The number of aromatic nitrogens is 2. The molecule has 238 valence electrons. The summed E-state index contributed by atoms with van der Waals surface area (Å²) in [5.41, 5.74) is 2.17. The first kappa shape index (κ1) is 31.7. The second-order valence-electron chi connectivity index (χ2n) is 10.6. The molecule has 2 aromatic heterocycles. The first-order valence-corrected chi connectivity index (χ1v) is 17.0. The molecule has 1 amide bonds. The van der Waals surface area contributed by atoms with Crippen molar-refractivity contribution in [2.24, 2.45) is 0 Å². The Kier molecular flexibility index (Phi) is 8.43. The molecule has 4 aromatic carbocycles. The number of fused-ring (bicyclic) bond motifs is 1. The van der Waals surface area contributed by atoms with E-state index in [1.165, 1.54) is 53.4 Å². The highest BCUT2D eigenvalue weighted by Crippen LogP contribution is 2.25. The van der Waals surface area contributed by atoms with Crippen LogP contribution in [0.4, 0.5) is 13.2 Å². The Morgan fingerprint density at radius 1 is 0.638 bits per heavy atom. The normalized spacial score (nSPS) is 11.9. The van der Waals surface area contributed by atoms with E-state index in [9.17, 15) is 34.8 Å². The number of amides is 1. The van der Waals surface area contributed by atoms with E-state index >= 15 is 0 Å². The van der Waals surface area contributed by atoms with Gasteiger partial charge in [0.05, 0.1) is 25.1 Å². The first-order valence-electron chi connectivity index (χ1n) is 14.0. The molecule has 0 radical (unpaired) electrons. The van der Waals surface area contributed by atoms with Gasteiger partial charge in [0, 0.05) is 31.7 Å². The van der Waals surface area contributed by atoms with Crippen molar-refractivity contribution < 1.29 is 34.8 Å². The fourth-order valence-electron chi connectivity index (χ4n) is 4.95. The van der Waals surface area contributed by atoms with E-state index < -0.39 is 42.0 Å². The highest BCUT2D eigenvalue weighted by atomic mass is 32.2. The number of carbonyl (C=O) groups excluding carboxylic acids is 1. The third kappa shape index (κ3) is 6.53. The van der Waals surface area contributed by atoms with Crippen LogP contribution in [0.1, 0.15) is 21.5 Å². The van der Waals surface area contributed by atoms with Crippen molar-refractivity contribution in [3.63, 3.8) is 0 Å². The van der Waals surface area contributed by atoms with Crippen LogP contribution in [0.2, 0.25) is 0 Å². The van der Waals surface area contributed by atoms with Gasteiger partial charge in [0.2, 0.25) is 19.7 Å². The molecular formula is C34H24F3N3O5S2. The van der Waals surface area contributed by atoms with Gasteiger partial charge in [-0.05, 0) is 90.0 Å². The number of pyridine rings is 1. The Hall–Kier alpha value is -5.27. The number of benzene rings is 4. The summed E-state index contributed by atoms with van der Waals surface area (Å²) in [5, 5.41) is 0. The van der Waals surface area contributed by atoms with Gasteiger partial charge < -0.3 is 9.30 Å². The van der Waals surface area contributed by atoms with Crippen molar-refractivity contribution in [2.45, 2.75) is 32.7 Å². The third-order valence-corrected chi connectivity index (χ3v) is 11.0. The van der Waals surface area contributed by atoms with Crippen molar-refractivity contribution in [1.82, 2.24) is 14.3 Å². The number of hydrogen-bond donors (Lipinski definition) is 0. The second kappa shape index (κ2) is 12.5. The average Bonchev–Trinajstić information content (AvgIpc) is 3.54. The number of imidazole rings is 1. The lowest BCUT2D eigenvalue weighted by Gasteiger charge is -2.24. The molecular weight excluding hydrogens is 652 g/mol. The van der Waals surface area contributed by atoms with Gasteiger partial charge in [-0.1, -0.05) is 24.3 Å². The molecule has 0 aliphatic carbocycles. The van der Waals surface area contributed by atoms with Crippen LogP contribution >= 0.6 is 0 Å². The van der Waals surface area contributed by atoms with Crippen LogP contribution in [0.25, 0.3) is 5.65 Å². The number of hydrogen-bond acceptors (Lipinski definition) is 6. The van der Waals surface area contributed by atoms with Crippen molar-refractivity contribution in [3.05, 3.63) is 156 Å². The quantitative estimate of drug-likeness (QED) is 0.168. The highest BCUT2D eigenvalue weighted by Gasteiger charge is 2.22. The number of halogens is 3. The fourth-order valence-corrected chi connectivity index (χ4v) is 7.48. The maximum atomic E-state index is 13.8. The summed E-state index contributed by atoms with van der Waals surface area (Å²) >= 11 is 0. The molecule has 0 saturated carbocycles. The standard InChI is InChI=1S/C34H24F3N3O5S2/c35-26-6-12-29(13-7-26)46(42,43)27-8-1-23(2-9-27)20-40(34(41)25-5-16-33-38-17-18-39(33)22-25)21-24-3-10-28(11-4-24)47(44,45)30-14-15-31(36)32(37)19-30/h1-19,22H,20-21H2. The van der Waals surface area contributed by atoms with Crippen molar-refractivity contribution in [3.8, 4) is 0 Å². The maximum Gasteiger partial charge on any atom is 0.255 e. The summed E-state index contributed by atoms with van der Waals surface area (Å²) in [6.07, 6.45) is 4.93. The Morgan fingerprint density at radius 3 is 1.70 bits per heavy atom. The van der Waals surface area contributed by atoms with Crippen molar-refractivity contribution in [2.75, 3.05) is 0 Å². The van der Waals surface area contributed by atoms with Crippen LogP contribution < -0.4 is 0 Å². The molecule has 0 aliphatic heterocycles. The Balaban J connectivity index is 1.28. The van der Waals surface area contributed by atoms with Gasteiger partial charge in [-0.15, -0.1) is 0 Å². The van der Waals surface area contributed by atoms with Crippen LogP contribution in [0, 0.1) is 17.5 Å². The zero-order valence-electron chi connectivity index (χ0n) is 24.3. The summed E-state index contributed by atoms with van der Waals surface area (Å²) < 4.78 is 94.3.